The van der Waals surface area contributed by atoms with Gasteiger partial charge in [0.05, 0.1) is 11.4 Å². The maximum atomic E-state index is 4.62. The highest BCUT2D eigenvalue weighted by atomic mass is 14.8. The van der Waals surface area contributed by atoms with Gasteiger partial charge in [-0.15, -0.1) is 0 Å². The van der Waals surface area contributed by atoms with Crippen LogP contribution in [0.4, 0.5) is 0 Å². The van der Waals surface area contributed by atoms with Gasteiger partial charge in [-0.1, -0.05) is 84.9 Å². The Hall–Kier alpha value is -4.82. The first kappa shape index (κ1) is 20.5. The zero-order chi connectivity index (χ0) is 23.9. The summed E-state index contributed by atoms with van der Waals surface area (Å²) in [7, 11) is 0. The van der Waals surface area contributed by atoms with Crippen molar-refractivity contribution >= 4 is 32.3 Å². The van der Waals surface area contributed by atoms with Crippen LogP contribution < -0.4 is 0 Å². The Balaban J connectivity index is 1.21. The first-order chi connectivity index (χ1) is 17.8. The van der Waals surface area contributed by atoms with Crippen LogP contribution >= 0.6 is 0 Å². The van der Waals surface area contributed by atoms with Gasteiger partial charge in [0, 0.05) is 18.0 Å². The predicted molar refractivity (Wildman–Crippen MR) is 151 cm³/mol. The van der Waals surface area contributed by atoms with E-state index in [0.29, 0.717) is 0 Å². The summed E-state index contributed by atoms with van der Waals surface area (Å²) in [6.07, 6.45) is 3.71. The molecule has 0 spiro atoms. The van der Waals surface area contributed by atoms with Crippen LogP contribution in [0.15, 0.2) is 134 Å². The Morgan fingerprint density at radius 3 is 1.86 bits per heavy atom. The summed E-state index contributed by atoms with van der Waals surface area (Å²) < 4.78 is 0. The van der Waals surface area contributed by atoms with Gasteiger partial charge in [-0.3, -0.25) is 9.97 Å². The molecule has 0 saturated heterocycles. The van der Waals surface area contributed by atoms with E-state index in [2.05, 4.69) is 107 Å². The highest BCUT2D eigenvalue weighted by molar-refractivity contribution is 6.12. The number of pyridine rings is 2. The second-order valence-electron chi connectivity index (χ2n) is 9.15. The fraction of sp³-hybridized carbons (Fsp3) is 0. The van der Waals surface area contributed by atoms with Crippen molar-refractivity contribution in [3.63, 3.8) is 0 Å². The quantitative estimate of drug-likeness (QED) is 0.195. The molecule has 2 nitrogen and oxygen atoms in total. The lowest BCUT2D eigenvalue weighted by Crippen LogP contribution is -1.87. The Bertz CT molecular complexity index is 1850. The zero-order valence-electron chi connectivity index (χ0n) is 19.6. The molecule has 0 aliphatic carbocycles. The normalized spacial score (nSPS) is 11.3. The lowest BCUT2D eigenvalue weighted by atomic mass is 9.95. The maximum absolute atomic E-state index is 4.62. The molecule has 0 saturated carbocycles. The van der Waals surface area contributed by atoms with Crippen LogP contribution in [0.25, 0.3) is 66.0 Å². The third-order valence-corrected chi connectivity index (χ3v) is 6.94. The van der Waals surface area contributed by atoms with E-state index in [1.807, 2.05) is 30.5 Å². The van der Waals surface area contributed by atoms with Crippen LogP contribution in [0.3, 0.4) is 0 Å². The van der Waals surface area contributed by atoms with Gasteiger partial charge in [-0.2, -0.15) is 0 Å². The molecule has 2 heteroatoms. The second kappa shape index (κ2) is 8.44. The van der Waals surface area contributed by atoms with Crippen molar-refractivity contribution in [3.8, 4) is 33.6 Å². The minimum atomic E-state index is 0.882. The van der Waals surface area contributed by atoms with Gasteiger partial charge in [-0.05, 0) is 85.4 Å². The lowest BCUT2D eigenvalue weighted by Gasteiger charge is -2.09. The highest BCUT2D eigenvalue weighted by Crippen LogP contribution is 2.32. The van der Waals surface area contributed by atoms with Crippen molar-refractivity contribution in [3.05, 3.63) is 134 Å². The number of hydrogen-bond donors (Lipinski definition) is 0. The van der Waals surface area contributed by atoms with E-state index in [4.69, 9.17) is 0 Å². The molecule has 168 valence electrons. The summed E-state index contributed by atoms with van der Waals surface area (Å²) >= 11 is 0. The molecule has 7 rings (SSSR count). The van der Waals surface area contributed by atoms with Crippen LogP contribution in [0, 0.1) is 0 Å². The molecule has 7 aromatic rings. The van der Waals surface area contributed by atoms with Crippen molar-refractivity contribution in [1.82, 2.24) is 9.97 Å². The molecule has 5 aromatic carbocycles. The predicted octanol–water partition coefficient (Wildman–Crippen LogP) is 8.94. The molecule has 0 unspecified atom stereocenters. The molecule has 0 aliphatic rings. The van der Waals surface area contributed by atoms with E-state index in [1.165, 1.54) is 43.4 Å². The molecule has 0 bridgehead atoms. The second-order valence-corrected chi connectivity index (χ2v) is 9.15. The van der Waals surface area contributed by atoms with Crippen molar-refractivity contribution in [1.29, 1.82) is 0 Å². The first-order valence-corrected chi connectivity index (χ1v) is 12.2. The number of fused-ring (bicyclic) bond motifs is 4. The molecule has 0 amide bonds. The monoisotopic (exact) mass is 458 g/mol. The fourth-order valence-corrected chi connectivity index (χ4v) is 5.02. The summed E-state index contributed by atoms with van der Waals surface area (Å²) in [5.74, 6) is 0. The molecular formula is C34H22N2. The number of rotatable bonds is 3. The van der Waals surface area contributed by atoms with Gasteiger partial charge in [-0.25, -0.2) is 0 Å². The molecule has 2 aromatic heterocycles. The number of aromatic nitrogens is 2. The molecule has 36 heavy (non-hydrogen) atoms. The molecular weight excluding hydrogens is 436 g/mol. The minimum Gasteiger partial charge on any atom is -0.255 e. The van der Waals surface area contributed by atoms with Crippen LogP contribution in [-0.4, -0.2) is 9.97 Å². The van der Waals surface area contributed by atoms with Gasteiger partial charge in [0.25, 0.3) is 0 Å². The Labute approximate surface area is 209 Å². The summed E-state index contributed by atoms with van der Waals surface area (Å²) in [4.78, 5) is 9.01. The Kier molecular flexibility index (Phi) is 4.82. The number of nitrogens with zero attached hydrogens (tertiary/aromatic N) is 2. The van der Waals surface area contributed by atoms with Crippen molar-refractivity contribution < 1.29 is 0 Å². The van der Waals surface area contributed by atoms with Crippen molar-refractivity contribution in [2.24, 2.45) is 0 Å². The van der Waals surface area contributed by atoms with Crippen LogP contribution in [-0.2, 0) is 0 Å². The van der Waals surface area contributed by atoms with Gasteiger partial charge in [0.15, 0.2) is 0 Å². The molecule has 0 aliphatic heterocycles. The van der Waals surface area contributed by atoms with E-state index < -0.39 is 0 Å². The van der Waals surface area contributed by atoms with Crippen LogP contribution in [0.1, 0.15) is 0 Å². The molecule has 0 fully saturated rings. The molecule has 0 N–H and O–H groups in total. The van der Waals surface area contributed by atoms with Crippen LogP contribution in [0.5, 0.6) is 0 Å². The lowest BCUT2D eigenvalue weighted by molar-refractivity contribution is 1.25. The summed E-state index contributed by atoms with van der Waals surface area (Å²) in [5, 5.41) is 7.68. The first-order valence-electron chi connectivity index (χ1n) is 12.2. The smallest absolute Gasteiger partial charge is 0.0886 e. The average molecular weight is 459 g/mol. The Morgan fingerprint density at radius 2 is 1.06 bits per heavy atom. The van der Waals surface area contributed by atoms with E-state index in [0.717, 1.165) is 22.5 Å². The summed E-state index contributed by atoms with van der Waals surface area (Å²) in [6, 6.07) is 43.2. The van der Waals surface area contributed by atoms with Gasteiger partial charge in [0.1, 0.15) is 0 Å². The highest BCUT2D eigenvalue weighted by Gasteiger charge is 2.07. The largest absolute Gasteiger partial charge is 0.255 e. The molecule has 0 radical (unpaired) electrons. The minimum absolute atomic E-state index is 0.882. The molecule has 0 atom stereocenters. The SMILES string of the molecule is c1ccc(-c2ccc(-c3ccc(-c4ccc5cc6c(ccc7ccccc76)cc5c4)cc3)cn2)nc1. The topological polar surface area (TPSA) is 25.8 Å². The third kappa shape index (κ3) is 3.60. The van der Waals surface area contributed by atoms with E-state index in [-0.39, 0.29) is 0 Å². The Morgan fingerprint density at radius 1 is 0.361 bits per heavy atom. The number of hydrogen-bond acceptors (Lipinski definition) is 2. The van der Waals surface area contributed by atoms with E-state index >= 15 is 0 Å². The van der Waals surface area contributed by atoms with Crippen molar-refractivity contribution in [2.45, 2.75) is 0 Å². The maximum Gasteiger partial charge on any atom is 0.0886 e. The fourth-order valence-electron chi connectivity index (χ4n) is 5.02. The van der Waals surface area contributed by atoms with E-state index in [1.54, 1.807) is 6.20 Å². The standard InChI is InChI=1S/C34H22N2/c1-2-6-31-25(5-1)12-15-28-20-30-19-26(13-14-27(30)21-32(28)31)23-8-10-24(11-9-23)29-16-17-34(36-22-29)33-7-3-4-18-35-33/h1-22H. The van der Waals surface area contributed by atoms with Crippen molar-refractivity contribution in [2.75, 3.05) is 0 Å². The van der Waals surface area contributed by atoms with Crippen LogP contribution in [0.2, 0.25) is 0 Å². The van der Waals surface area contributed by atoms with E-state index in [9.17, 15) is 0 Å². The molecule has 2 heterocycles. The number of benzene rings is 5. The average Bonchev–Trinajstić information content (AvgIpc) is 2.96. The third-order valence-electron chi connectivity index (χ3n) is 6.94. The summed E-state index contributed by atoms with van der Waals surface area (Å²) in [6.45, 7) is 0. The van der Waals surface area contributed by atoms with Gasteiger partial charge < -0.3 is 0 Å². The summed E-state index contributed by atoms with van der Waals surface area (Å²) in [5.41, 5.74) is 6.44. The van der Waals surface area contributed by atoms with Gasteiger partial charge in [0.2, 0.25) is 0 Å². The van der Waals surface area contributed by atoms with Gasteiger partial charge >= 0.3 is 0 Å². The zero-order valence-corrected chi connectivity index (χ0v) is 19.6.